The van der Waals surface area contributed by atoms with E-state index in [0.29, 0.717) is 30.7 Å². The lowest BCUT2D eigenvalue weighted by Gasteiger charge is -2.14. The number of aromatic nitrogens is 2. The van der Waals surface area contributed by atoms with Crippen molar-refractivity contribution < 1.29 is 9.47 Å². The van der Waals surface area contributed by atoms with Crippen LogP contribution in [0.4, 0.5) is 0 Å². The molecule has 1 saturated carbocycles. The molecule has 0 aliphatic heterocycles. The molecule has 1 fully saturated rings. The monoisotopic (exact) mass is 328 g/mol. The number of aromatic amines is 1. The molecule has 0 spiro atoms. The fourth-order valence-corrected chi connectivity index (χ4v) is 3.44. The Morgan fingerprint density at radius 2 is 1.96 bits per heavy atom. The van der Waals surface area contributed by atoms with Crippen LogP contribution in [0, 0.1) is 6.92 Å². The molecule has 0 saturated heterocycles. The smallest absolute Gasteiger partial charge is 0.254 e. The van der Waals surface area contributed by atoms with Crippen molar-refractivity contribution in [2.75, 3.05) is 20.3 Å². The van der Waals surface area contributed by atoms with E-state index in [9.17, 15) is 4.79 Å². The molecule has 0 bridgehead atoms. The van der Waals surface area contributed by atoms with Crippen molar-refractivity contribution in [3.8, 4) is 17.1 Å². The molecular weight excluding hydrogens is 304 g/mol. The van der Waals surface area contributed by atoms with Gasteiger partial charge in [0.1, 0.15) is 18.2 Å². The number of para-hydroxylation sites is 1. The van der Waals surface area contributed by atoms with E-state index >= 15 is 0 Å². The molecule has 1 aliphatic carbocycles. The summed E-state index contributed by atoms with van der Waals surface area (Å²) >= 11 is 0. The zero-order chi connectivity index (χ0) is 16.9. The summed E-state index contributed by atoms with van der Waals surface area (Å²) in [4.78, 5) is 20.3. The van der Waals surface area contributed by atoms with Gasteiger partial charge >= 0.3 is 0 Å². The van der Waals surface area contributed by atoms with Crippen molar-refractivity contribution in [1.29, 1.82) is 0 Å². The number of rotatable bonds is 6. The van der Waals surface area contributed by atoms with Crippen LogP contribution in [-0.2, 0) is 4.74 Å². The number of H-pyrrole nitrogens is 1. The minimum Gasteiger partial charge on any atom is -0.490 e. The molecule has 5 nitrogen and oxygen atoms in total. The van der Waals surface area contributed by atoms with Crippen LogP contribution in [0.25, 0.3) is 11.4 Å². The zero-order valence-electron chi connectivity index (χ0n) is 14.3. The van der Waals surface area contributed by atoms with Crippen LogP contribution in [0.15, 0.2) is 29.1 Å². The summed E-state index contributed by atoms with van der Waals surface area (Å²) in [5, 5.41) is 0. The first-order chi connectivity index (χ1) is 11.7. The zero-order valence-corrected chi connectivity index (χ0v) is 14.3. The first-order valence-corrected chi connectivity index (χ1v) is 8.52. The number of benzene rings is 1. The first kappa shape index (κ1) is 16.7. The average Bonchev–Trinajstić information content (AvgIpc) is 3.09. The van der Waals surface area contributed by atoms with Gasteiger partial charge in [-0.05, 0) is 37.8 Å². The summed E-state index contributed by atoms with van der Waals surface area (Å²) in [6.45, 7) is 2.90. The molecular formula is C19H24N2O3. The SMILES string of the molecule is COCCOc1ccccc1-c1nc(C)c(C2CCCC2)c(=O)[nH]1. The van der Waals surface area contributed by atoms with E-state index in [1.807, 2.05) is 31.2 Å². The number of hydrogen-bond acceptors (Lipinski definition) is 4. The largest absolute Gasteiger partial charge is 0.490 e. The predicted octanol–water partition coefficient (Wildman–Crippen LogP) is 3.43. The van der Waals surface area contributed by atoms with Crippen molar-refractivity contribution >= 4 is 0 Å². The molecule has 1 N–H and O–H groups in total. The fraction of sp³-hybridized carbons (Fsp3) is 0.474. The number of methoxy groups -OCH3 is 1. The van der Waals surface area contributed by atoms with Gasteiger partial charge in [0, 0.05) is 18.4 Å². The maximum absolute atomic E-state index is 12.6. The highest BCUT2D eigenvalue weighted by molar-refractivity contribution is 5.64. The van der Waals surface area contributed by atoms with E-state index in [1.54, 1.807) is 7.11 Å². The van der Waals surface area contributed by atoms with Crippen molar-refractivity contribution in [2.45, 2.75) is 38.5 Å². The van der Waals surface area contributed by atoms with E-state index in [-0.39, 0.29) is 5.56 Å². The standard InChI is InChI=1S/C19H24N2O3/c1-13-17(14-7-3-4-8-14)19(22)21-18(20-13)15-9-5-6-10-16(15)24-12-11-23-2/h5-6,9-10,14H,3-4,7-8,11-12H2,1-2H3,(H,20,21,22). The van der Waals surface area contributed by atoms with Crippen molar-refractivity contribution in [2.24, 2.45) is 0 Å². The Kier molecular flexibility index (Phi) is 5.30. The highest BCUT2D eigenvalue weighted by Gasteiger charge is 2.23. The van der Waals surface area contributed by atoms with E-state index in [0.717, 1.165) is 29.7 Å². The molecule has 1 aromatic carbocycles. The molecule has 1 aromatic heterocycles. The molecule has 3 rings (SSSR count). The number of ether oxygens (including phenoxy) is 2. The van der Waals surface area contributed by atoms with Gasteiger partial charge in [-0.3, -0.25) is 4.79 Å². The third kappa shape index (κ3) is 3.51. The Bertz CT molecular complexity index is 749. The fourth-order valence-electron chi connectivity index (χ4n) is 3.44. The van der Waals surface area contributed by atoms with Gasteiger partial charge in [-0.15, -0.1) is 0 Å². The van der Waals surface area contributed by atoms with Gasteiger partial charge < -0.3 is 14.5 Å². The van der Waals surface area contributed by atoms with Gasteiger partial charge in [-0.25, -0.2) is 4.98 Å². The number of nitrogens with zero attached hydrogens (tertiary/aromatic N) is 1. The molecule has 0 atom stereocenters. The van der Waals surface area contributed by atoms with Crippen LogP contribution in [0.2, 0.25) is 0 Å². The van der Waals surface area contributed by atoms with Gasteiger partial charge in [-0.1, -0.05) is 25.0 Å². The molecule has 128 valence electrons. The van der Waals surface area contributed by atoms with Gasteiger partial charge in [0.15, 0.2) is 0 Å². The topological polar surface area (TPSA) is 64.2 Å². The molecule has 2 aromatic rings. The summed E-state index contributed by atoms with van der Waals surface area (Å²) in [7, 11) is 1.64. The van der Waals surface area contributed by atoms with Crippen molar-refractivity contribution in [3.63, 3.8) is 0 Å². The Labute approximate surface area is 142 Å². The van der Waals surface area contributed by atoms with Crippen LogP contribution < -0.4 is 10.3 Å². The van der Waals surface area contributed by atoms with Gasteiger partial charge in [0.25, 0.3) is 5.56 Å². The lowest BCUT2D eigenvalue weighted by Crippen LogP contribution is -2.20. The molecule has 0 amide bonds. The lowest BCUT2D eigenvalue weighted by atomic mass is 9.97. The summed E-state index contributed by atoms with van der Waals surface area (Å²) < 4.78 is 10.8. The summed E-state index contributed by atoms with van der Waals surface area (Å²) in [5.41, 5.74) is 2.46. The summed E-state index contributed by atoms with van der Waals surface area (Å²) in [6.07, 6.45) is 4.56. The van der Waals surface area contributed by atoms with E-state index in [2.05, 4.69) is 9.97 Å². The highest BCUT2D eigenvalue weighted by atomic mass is 16.5. The number of nitrogens with one attached hydrogen (secondary N) is 1. The predicted molar refractivity (Wildman–Crippen MR) is 93.6 cm³/mol. The molecule has 1 aliphatic rings. The average molecular weight is 328 g/mol. The second kappa shape index (κ2) is 7.62. The Morgan fingerprint density at radius 1 is 1.21 bits per heavy atom. The van der Waals surface area contributed by atoms with Crippen LogP contribution >= 0.6 is 0 Å². The molecule has 0 unspecified atom stereocenters. The minimum absolute atomic E-state index is 0.0175. The van der Waals surface area contributed by atoms with E-state index < -0.39 is 0 Å². The Morgan fingerprint density at radius 3 is 2.67 bits per heavy atom. The van der Waals surface area contributed by atoms with Gasteiger partial charge in [-0.2, -0.15) is 0 Å². The normalized spacial score (nSPS) is 14.9. The second-order valence-electron chi connectivity index (χ2n) is 6.23. The highest BCUT2D eigenvalue weighted by Crippen LogP contribution is 2.34. The van der Waals surface area contributed by atoms with E-state index in [4.69, 9.17) is 9.47 Å². The second-order valence-corrected chi connectivity index (χ2v) is 6.23. The lowest BCUT2D eigenvalue weighted by molar-refractivity contribution is 0.146. The Hall–Kier alpha value is -2.14. The Balaban J connectivity index is 1.94. The van der Waals surface area contributed by atoms with Crippen LogP contribution in [0.3, 0.4) is 0 Å². The molecule has 24 heavy (non-hydrogen) atoms. The number of aryl methyl sites for hydroxylation is 1. The number of hydrogen-bond donors (Lipinski definition) is 1. The van der Waals surface area contributed by atoms with Gasteiger partial charge in [0.05, 0.1) is 12.2 Å². The van der Waals surface area contributed by atoms with Crippen LogP contribution in [0.5, 0.6) is 5.75 Å². The van der Waals surface area contributed by atoms with Crippen molar-refractivity contribution in [3.05, 3.63) is 45.9 Å². The third-order valence-electron chi connectivity index (χ3n) is 4.60. The van der Waals surface area contributed by atoms with E-state index in [1.165, 1.54) is 12.8 Å². The summed E-state index contributed by atoms with van der Waals surface area (Å²) in [6, 6.07) is 7.61. The summed E-state index contributed by atoms with van der Waals surface area (Å²) in [5.74, 6) is 1.61. The molecule has 5 heteroatoms. The maximum Gasteiger partial charge on any atom is 0.254 e. The van der Waals surface area contributed by atoms with Gasteiger partial charge in [0.2, 0.25) is 0 Å². The van der Waals surface area contributed by atoms with Crippen LogP contribution in [0.1, 0.15) is 42.9 Å². The third-order valence-corrected chi connectivity index (χ3v) is 4.60. The first-order valence-electron chi connectivity index (χ1n) is 8.52. The van der Waals surface area contributed by atoms with Crippen molar-refractivity contribution in [1.82, 2.24) is 9.97 Å². The maximum atomic E-state index is 12.6. The minimum atomic E-state index is -0.0175. The molecule has 0 radical (unpaired) electrons. The van der Waals surface area contributed by atoms with Crippen LogP contribution in [-0.4, -0.2) is 30.3 Å². The quantitative estimate of drug-likeness (QED) is 0.825. The molecule has 1 heterocycles.